The van der Waals surface area contributed by atoms with E-state index in [1.807, 2.05) is 0 Å². The Morgan fingerprint density at radius 2 is 0.286 bits per heavy atom. The predicted molar refractivity (Wildman–Crippen MR) is 50.0 cm³/mol. The molecular formula is H7KNa6. The summed E-state index contributed by atoms with van der Waals surface area (Å²) in [5, 5.41) is 0. The maximum absolute atomic E-state index is 0. The monoisotopic (exact) mass is 184 g/mol. The summed E-state index contributed by atoms with van der Waals surface area (Å²) in [4.78, 5) is 0. The Hall–Kier alpha value is 7.64. The van der Waals surface area contributed by atoms with Crippen molar-refractivity contribution in [3.8, 4) is 0 Å². The van der Waals surface area contributed by atoms with Crippen LogP contribution < -0.4 is 0 Å². The van der Waals surface area contributed by atoms with E-state index in [2.05, 4.69) is 0 Å². The van der Waals surface area contributed by atoms with Gasteiger partial charge in [0.05, 0.1) is 0 Å². The van der Waals surface area contributed by atoms with Crippen molar-refractivity contribution in [3.05, 3.63) is 0 Å². The normalized spacial score (nSPS) is 0. The van der Waals surface area contributed by atoms with Crippen molar-refractivity contribution in [1.29, 1.82) is 0 Å². The molecule has 0 N–H and O–H groups in total. The molecular weight excluding hydrogens is 177 g/mol. The molecule has 7 heteroatoms. The zero-order chi connectivity index (χ0) is 0. The molecule has 0 aromatic rings. The Kier molecular flexibility index (Phi) is 249. The van der Waals surface area contributed by atoms with Crippen LogP contribution in [0.5, 0.6) is 0 Å². The van der Waals surface area contributed by atoms with Gasteiger partial charge in [0.1, 0.15) is 0 Å². The van der Waals surface area contributed by atoms with Gasteiger partial charge in [0.25, 0.3) is 0 Å². The van der Waals surface area contributed by atoms with Gasteiger partial charge in [-0.05, 0) is 0 Å². The Morgan fingerprint density at radius 3 is 0.286 bits per heavy atom. The average Bonchev–Trinajstić information content (AvgIpc) is 0. The van der Waals surface area contributed by atoms with E-state index in [4.69, 9.17) is 0 Å². The van der Waals surface area contributed by atoms with E-state index in [1.165, 1.54) is 0 Å². The summed E-state index contributed by atoms with van der Waals surface area (Å²) in [5.41, 5.74) is 0. The molecule has 0 saturated heterocycles. The standard InChI is InChI=1S/K.6Na.7H. The zero-order valence-electron chi connectivity index (χ0n) is 0. The van der Waals surface area contributed by atoms with Crippen LogP contribution in [-0.4, -0.2) is 229 Å². The van der Waals surface area contributed by atoms with E-state index in [0.717, 1.165) is 0 Å². The van der Waals surface area contributed by atoms with Gasteiger partial charge >= 0.3 is 229 Å². The van der Waals surface area contributed by atoms with Crippen LogP contribution in [0.15, 0.2) is 0 Å². The topological polar surface area (TPSA) is 0 Å². The molecule has 0 aliphatic heterocycles. The van der Waals surface area contributed by atoms with Crippen LogP contribution in [0.25, 0.3) is 0 Å². The first-order valence-electron chi connectivity index (χ1n) is 0. The predicted octanol–water partition coefficient (Wildman–Crippen LogP) is -4.54. The number of hydrogen-bond acceptors (Lipinski definition) is 0. The van der Waals surface area contributed by atoms with Crippen LogP contribution in [0.4, 0.5) is 0 Å². The van der Waals surface area contributed by atoms with Crippen LogP contribution in [0, 0.1) is 0 Å². The molecule has 0 fully saturated rings. The summed E-state index contributed by atoms with van der Waals surface area (Å²) < 4.78 is 0. The second-order valence-corrected chi connectivity index (χ2v) is 0. The Morgan fingerprint density at radius 1 is 0.286 bits per heavy atom. The molecule has 0 aromatic carbocycles. The third-order valence-corrected chi connectivity index (χ3v) is 0. The van der Waals surface area contributed by atoms with Gasteiger partial charge in [0, 0.05) is 0 Å². The fraction of sp³-hybridized carbons (Fsp3) is 0. The van der Waals surface area contributed by atoms with Crippen molar-refractivity contribution >= 4 is 229 Å². The molecule has 0 amide bonds. The van der Waals surface area contributed by atoms with Crippen molar-refractivity contribution in [2.24, 2.45) is 0 Å². The van der Waals surface area contributed by atoms with Gasteiger partial charge in [-0.3, -0.25) is 0 Å². The van der Waals surface area contributed by atoms with Crippen molar-refractivity contribution in [1.82, 2.24) is 0 Å². The molecule has 0 unspecified atom stereocenters. The summed E-state index contributed by atoms with van der Waals surface area (Å²) >= 11 is 0. The van der Waals surface area contributed by atoms with Gasteiger partial charge in [-0.25, -0.2) is 0 Å². The summed E-state index contributed by atoms with van der Waals surface area (Å²) in [6.07, 6.45) is 0. The molecule has 0 aromatic heterocycles. The maximum atomic E-state index is 0. The van der Waals surface area contributed by atoms with E-state index in [9.17, 15) is 0 Å². The summed E-state index contributed by atoms with van der Waals surface area (Å²) in [6.45, 7) is 0. The van der Waals surface area contributed by atoms with Crippen LogP contribution in [0.1, 0.15) is 0 Å². The third-order valence-electron chi connectivity index (χ3n) is 0. The first-order valence-corrected chi connectivity index (χ1v) is 0. The fourth-order valence-electron chi connectivity index (χ4n) is 0. The average molecular weight is 184 g/mol. The SMILES string of the molecule is [KH].[NaH].[NaH].[NaH].[NaH].[NaH].[NaH]. The quantitative estimate of drug-likeness (QED) is 0.333. The molecule has 0 radical (unpaired) electrons. The van der Waals surface area contributed by atoms with Gasteiger partial charge in [-0.2, -0.15) is 0 Å². The summed E-state index contributed by atoms with van der Waals surface area (Å²) in [5.74, 6) is 0. The van der Waals surface area contributed by atoms with E-state index < -0.39 is 0 Å². The first-order chi connectivity index (χ1) is 0. The molecule has 0 saturated carbocycles. The second-order valence-electron chi connectivity index (χ2n) is 0. The first kappa shape index (κ1) is 46.7. The molecule has 0 bridgehead atoms. The van der Waals surface area contributed by atoms with E-state index in [1.54, 1.807) is 0 Å². The minimum atomic E-state index is 0. The van der Waals surface area contributed by atoms with Crippen LogP contribution in [-0.2, 0) is 0 Å². The molecule has 7 heavy (non-hydrogen) atoms. The zero-order valence-corrected chi connectivity index (χ0v) is 0. The van der Waals surface area contributed by atoms with Crippen molar-refractivity contribution < 1.29 is 0 Å². The van der Waals surface area contributed by atoms with Crippen LogP contribution in [0.2, 0.25) is 0 Å². The molecule has 0 aliphatic carbocycles. The van der Waals surface area contributed by atoms with E-state index in [-0.39, 0.29) is 229 Å². The molecule has 0 nitrogen and oxygen atoms in total. The minimum absolute atomic E-state index is 0. The molecule has 0 spiro atoms. The molecule has 0 rings (SSSR count). The number of hydrogen-bond donors (Lipinski definition) is 0. The number of rotatable bonds is 0. The third kappa shape index (κ3) is 31.7. The van der Waals surface area contributed by atoms with Crippen molar-refractivity contribution in [2.45, 2.75) is 0 Å². The fourth-order valence-corrected chi connectivity index (χ4v) is 0. The summed E-state index contributed by atoms with van der Waals surface area (Å²) in [6, 6.07) is 0. The second kappa shape index (κ2) is 37.3. The van der Waals surface area contributed by atoms with Crippen molar-refractivity contribution in [2.75, 3.05) is 0 Å². The van der Waals surface area contributed by atoms with E-state index >= 15 is 0 Å². The van der Waals surface area contributed by atoms with Gasteiger partial charge in [0.15, 0.2) is 0 Å². The van der Waals surface area contributed by atoms with Gasteiger partial charge < -0.3 is 0 Å². The van der Waals surface area contributed by atoms with E-state index in [0.29, 0.717) is 0 Å². The molecule has 0 heterocycles. The van der Waals surface area contributed by atoms with Gasteiger partial charge in [-0.15, -0.1) is 0 Å². The van der Waals surface area contributed by atoms with Crippen LogP contribution >= 0.6 is 0 Å². The van der Waals surface area contributed by atoms with Gasteiger partial charge in [0.2, 0.25) is 0 Å². The molecule has 0 atom stereocenters. The Bertz CT molecular complexity index is 4.14. The van der Waals surface area contributed by atoms with Crippen molar-refractivity contribution in [3.63, 3.8) is 0 Å². The van der Waals surface area contributed by atoms with Crippen LogP contribution in [0.3, 0.4) is 0 Å². The Balaban J connectivity index is 0. The molecule has 0 aliphatic rings. The molecule has 14 valence electrons. The van der Waals surface area contributed by atoms with Gasteiger partial charge in [-0.1, -0.05) is 0 Å². The Labute approximate surface area is 221 Å². The summed E-state index contributed by atoms with van der Waals surface area (Å²) in [7, 11) is 0.